The molecule has 0 saturated heterocycles. The monoisotopic (exact) mass is 432 g/mol. The van der Waals surface area contributed by atoms with E-state index >= 15 is 0 Å². The number of anilines is 1. The van der Waals surface area contributed by atoms with Gasteiger partial charge in [-0.2, -0.15) is 5.10 Å². The van der Waals surface area contributed by atoms with E-state index < -0.39 is 10.9 Å². The first kappa shape index (κ1) is 20.2. The van der Waals surface area contributed by atoms with Crippen molar-refractivity contribution >= 4 is 44.6 Å². The van der Waals surface area contributed by atoms with Gasteiger partial charge in [0.2, 0.25) is 5.13 Å². The van der Waals surface area contributed by atoms with Gasteiger partial charge < -0.3 is 5.11 Å². The molecule has 31 heavy (non-hydrogen) atoms. The first-order valence-electron chi connectivity index (χ1n) is 9.24. The summed E-state index contributed by atoms with van der Waals surface area (Å²) in [6.07, 6.45) is -0.192. The molecular weight excluding hydrogens is 416 g/mol. The fraction of sp³-hybridized carbons (Fsp3) is 0.0455. The van der Waals surface area contributed by atoms with Gasteiger partial charge in [-0.25, -0.2) is 9.78 Å². The summed E-state index contributed by atoms with van der Waals surface area (Å²) in [5.74, 6) is -1.27. The second-order valence-corrected chi connectivity index (χ2v) is 7.50. The van der Waals surface area contributed by atoms with Gasteiger partial charge in [0.15, 0.2) is 0 Å². The minimum absolute atomic E-state index is 0.149. The summed E-state index contributed by atoms with van der Waals surface area (Å²) < 4.78 is 0. The number of rotatable bonds is 7. The fourth-order valence-electron chi connectivity index (χ4n) is 3.10. The number of carboxylic acids is 1. The van der Waals surface area contributed by atoms with Crippen molar-refractivity contribution in [1.29, 1.82) is 0 Å². The van der Waals surface area contributed by atoms with Gasteiger partial charge in [0, 0.05) is 29.0 Å². The van der Waals surface area contributed by atoms with Crippen LogP contribution >= 0.6 is 11.3 Å². The lowest BCUT2D eigenvalue weighted by Gasteiger charge is -2.04. The Morgan fingerprint density at radius 1 is 1.10 bits per heavy atom. The maximum absolute atomic E-state index is 11.6. The number of hydrogen-bond acceptors (Lipinski definition) is 7. The second-order valence-electron chi connectivity index (χ2n) is 6.64. The number of carbonyl (C=O) groups is 1. The van der Waals surface area contributed by atoms with E-state index in [1.165, 1.54) is 29.5 Å². The zero-order valence-electron chi connectivity index (χ0n) is 16.1. The van der Waals surface area contributed by atoms with Gasteiger partial charge >= 0.3 is 5.97 Å². The predicted molar refractivity (Wildman–Crippen MR) is 121 cm³/mol. The number of nitrogens with zero attached hydrogens (tertiary/aromatic N) is 3. The number of para-hydroxylation sites is 1. The number of hydrogen-bond donors (Lipinski definition) is 2. The van der Waals surface area contributed by atoms with Gasteiger partial charge in [-0.15, -0.1) is 11.3 Å². The Hall–Kier alpha value is -4.11. The summed E-state index contributed by atoms with van der Waals surface area (Å²) in [4.78, 5) is 26.7. The van der Waals surface area contributed by atoms with E-state index in [4.69, 9.17) is 0 Å². The Kier molecular flexibility index (Phi) is 5.67. The highest BCUT2D eigenvalue weighted by Gasteiger charge is 2.18. The van der Waals surface area contributed by atoms with Crippen LogP contribution in [0.5, 0.6) is 0 Å². The summed E-state index contributed by atoms with van der Waals surface area (Å²) in [5, 5.41) is 29.1. The third kappa shape index (κ3) is 4.57. The van der Waals surface area contributed by atoms with E-state index in [1.54, 1.807) is 6.07 Å². The minimum atomic E-state index is -1.27. The molecule has 0 spiro atoms. The number of fused-ring (bicyclic) bond motifs is 1. The van der Waals surface area contributed by atoms with Gasteiger partial charge in [-0.1, -0.05) is 54.6 Å². The number of aliphatic carboxylic acids is 1. The van der Waals surface area contributed by atoms with Gasteiger partial charge in [-0.3, -0.25) is 15.5 Å². The number of nitro benzene ring substituents is 1. The van der Waals surface area contributed by atoms with Crippen LogP contribution < -0.4 is 5.43 Å². The molecule has 154 valence electrons. The maximum atomic E-state index is 11.6. The lowest BCUT2D eigenvalue weighted by molar-refractivity contribution is -0.385. The highest BCUT2D eigenvalue weighted by Crippen LogP contribution is 2.28. The molecule has 0 unspecified atom stereocenters. The van der Waals surface area contributed by atoms with Crippen molar-refractivity contribution in [3.63, 3.8) is 0 Å². The molecule has 2 N–H and O–H groups in total. The number of hydrazone groups is 1. The van der Waals surface area contributed by atoms with E-state index in [2.05, 4.69) is 15.5 Å². The molecule has 0 saturated carbocycles. The minimum Gasteiger partial charge on any atom is -0.477 e. The number of thiazole rings is 1. The Morgan fingerprint density at radius 2 is 1.84 bits per heavy atom. The average molecular weight is 432 g/mol. The van der Waals surface area contributed by atoms with Crippen LogP contribution in [0.2, 0.25) is 0 Å². The van der Waals surface area contributed by atoms with Crippen LogP contribution in [-0.4, -0.2) is 26.7 Å². The van der Waals surface area contributed by atoms with Crippen molar-refractivity contribution < 1.29 is 14.8 Å². The van der Waals surface area contributed by atoms with Crippen LogP contribution in [-0.2, 0) is 11.2 Å². The van der Waals surface area contributed by atoms with Crippen LogP contribution in [0.4, 0.5) is 10.8 Å². The standard InChI is InChI=1S/C22H16N4O4S/c27-21(28)18(12-17-7-3-4-8-20(17)26(29)30)24-25-22-23-19(13-31-22)16-10-9-14-5-1-2-6-15(14)11-16/h1-11,13H,12H2,(H,23,25)(H,27,28). The molecule has 4 aromatic rings. The molecule has 1 aromatic heterocycles. The van der Waals surface area contributed by atoms with Crippen LogP contribution in [0.15, 0.2) is 77.2 Å². The number of aromatic nitrogens is 1. The summed E-state index contributed by atoms with van der Waals surface area (Å²) in [6, 6.07) is 20.0. The molecule has 0 radical (unpaired) electrons. The van der Waals surface area contributed by atoms with Crippen molar-refractivity contribution in [2.24, 2.45) is 5.10 Å². The zero-order chi connectivity index (χ0) is 21.8. The Labute approximate surface area is 180 Å². The summed E-state index contributed by atoms with van der Waals surface area (Å²) >= 11 is 1.29. The molecular formula is C22H16N4O4S. The molecule has 8 nitrogen and oxygen atoms in total. The third-order valence-electron chi connectivity index (χ3n) is 4.63. The molecule has 1 heterocycles. The molecule has 0 aliphatic rings. The van der Waals surface area contributed by atoms with E-state index in [9.17, 15) is 20.0 Å². The lowest BCUT2D eigenvalue weighted by atomic mass is 10.1. The Bertz CT molecular complexity index is 1320. The van der Waals surface area contributed by atoms with E-state index in [0.717, 1.165) is 22.0 Å². The zero-order valence-corrected chi connectivity index (χ0v) is 16.9. The molecule has 0 aliphatic carbocycles. The van der Waals surface area contributed by atoms with Crippen LogP contribution in [0, 0.1) is 10.1 Å². The summed E-state index contributed by atoms with van der Waals surface area (Å²) in [6.45, 7) is 0. The van der Waals surface area contributed by atoms with Crippen molar-refractivity contribution in [2.45, 2.75) is 6.42 Å². The van der Waals surface area contributed by atoms with E-state index in [0.29, 0.717) is 5.13 Å². The maximum Gasteiger partial charge on any atom is 0.352 e. The quantitative estimate of drug-likeness (QED) is 0.242. The number of carboxylic acid groups (broad SMARTS) is 1. The smallest absolute Gasteiger partial charge is 0.352 e. The molecule has 4 rings (SSSR count). The van der Waals surface area contributed by atoms with Crippen LogP contribution in [0.1, 0.15) is 5.56 Å². The van der Waals surface area contributed by atoms with Gasteiger partial charge in [0.25, 0.3) is 5.69 Å². The van der Waals surface area contributed by atoms with E-state index in [1.807, 2.05) is 47.8 Å². The molecule has 0 bridgehead atoms. The van der Waals surface area contributed by atoms with Crippen molar-refractivity contribution in [3.05, 3.63) is 87.8 Å². The lowest BCUT2D eigenvalue weighted by Crippen LogP contribution is -2.18. The molecule has 0 aliphatic heterocycles. The Balaban J connectivity index is 1.55. The normalized spacial score (nSPS) is 11.4. The second kappa shape index (κ2) is 8.72. The molecule has 0 fully saturated rings. The number of nitro groups is 1. The van der Waals surface area contributed by atoms with Crippen molar-refractivity contribution in [3.8, 4) is 11.3 Å². The molecule has 3 aromatic carbocycles. The summed E-state index contributed by atoms with van der Waals surface area (Å²) in [5.41, 5.74) is 4.21. The van der Waals surface area contributed by atoms with Crippen molar-refractivity contribution in [1.82, 2.24) is 4.98 Å². The van der Waals surface area contributed by atoms with Gasteiger partial charge in [0.05, 0.1) is 10.6 Å². The molecule has 0 amide bonds. The number of nitrogens with one attached hydrogen (secondary N) is 1. The highest BCUT2D eigenvalue weighted by molar-refractivity contribution is 7.14. The summed E-state index contributed by atoms with van der Waals surface area (Å²) in [7, 11) is 0. The number of benzene rings is 3. The van der Waals surface area contributed by atoms with Crippen molar-refractivity contribution in [2.75, 3.05) is 5.43 Å². The Morgan fingerprint density at radius 3 is 2.61 bits per heavy atom. The van der Waals surface area contributed by atoms with Crippen LogP contribution in [0.3, 0.4) is 0 Å². The van der Waals surface area contributed by atoms with Gasteiger partial charge in [-0.05, 0) is 16.8 Å². The SMILES string of the molecule is O=C(O)C(Cc1ccccc1[N+](=O)[O-])=NNc1nc(-c2ccc3ccccc3c2)cs1. The topological polar surface area (TPSA) is 118 Å². The predicted octanol–water partition coefficient (Wildman–Crippen LogP) is 4.97. The highest BCUT2D eigenvalue weighted by atomic mass is 32.1. The third-order valence-corrected chi connectivity index (χ3v) is 5.38. The molecule has 9 heteroatoms. The van der Waals surface area contributed by atoms with Gasteiger partial charge in [0.1, 0.15) is 5.71 Å². The first-order chi connectivity index (χ1) is 15.0. The fourth-order valence-corrected chi connectivity index (χ4v) is 3.76. The molecule has 0 atom stereocenters. The largest absolute Gasteiger partial charge is 0.477 e. The van der Waals surface area contributed by atoms with E-state index in [-0.39, 0.29) is 23.4 Å². The van der Waals surface area contributed by atoms with Crippen LogP contribution in [0.25, 0.3) is 22.0 Å². The first-order valence-corrected chi connectivity index (χ1v) is 10.1. The average Bonchev–Trinajstić information content (AvgIpc) is 3.25.